The van der Waals surface area contributed by atoms with E-state index in [0.29, 0.717) is 18.1 Å². The summed E-state index contributed by atoms with van der Waals surface area (Å²) in [5.41, 5.74) is -0.698. The van der Waals surface area contributed by atoms with Crippen molar-refractivity contribution in [2.45, 2.75) is 25.1 Å². The number of rotatable bonds is 5. The zero-order valence-electron chi connectivity index (χ0n) is 12.9. The Morgan fingerprint density at radius 3 is 2.04 bits per heavy atom. The Morgan fingerprint density at radius 2 is 1.50 bits per heavy atom. The monoisotopic (exact) mass is 336 g/mol. The van der Waals surface area contributed by atoms with Crippen molar-refractivity contribution >= 4 is 0 Å². The van der Waals surface area contributed by atoms with E-state index in [2.05, 4.69) is 5.32 Å². The lowest BCUT2D eigenvalue weighted by molar-refractivity contribution is -0.137. The van der Waals surface area contributed by atoms with Crippen molar-refractivity contribution in [3.8, 4) is 17.2 Å². The highest BCUT2D eigenvalue weighted by Crippen LogP contribution is 2.31. The van der Waals surface area contributed by atoms with Gasteiger partial charge in [0.05, 0.1) is 11.6 Å². The van der Waals surface area contributed by atoms with E-state index in [0.717, 1.165) is 37.3 Å². The molecule has 1 aliphatic heterocycles. The molecule has 24 heavy (non-hydrogen) atoms. The van der Waals surface area contributed by atoms with Crippen LogP contribution >= 0.6 is 0 Å². The summed E-state index contributed by atoms with van der Waals surface area (Å²) in [5, 5.41) is 4.42. The highest BCUT2D eigenvalue weighted by Gasteiger charge is 2.30. The van der Waals surface area contributed by atoms with Gasteiger partial charge >= 0.3 is 6.18 Å². The maximum atomic E-state index is 12.5. The van der Waals surface area contributed by atoms with Gasteiger partial charge in [-0.15, -0.1) is 0 Å². The van der Waals surface area contributed by atoms with Gasteiger partial charge in [0.15, 0.2) is 0 Å². The third kappa shape index (κ3) is 4.41. The van der Waals surface area contributed by atoms with Crippen LogP contribution in [0.4, 0.5) is 13.2 Å². The summed E-state index contributed by atoms with van der Waals surface area (Å²) in [4.78, 5) is 0. The molecule has 1 atom stereocenters. The Hall–Kier alpha value is -2.21. The van der Waals surface area contributed by atoms with Gasteiger partial charge in [0.2, 0.25) is 0 Å². The largest absolute Gasteiger partial charge is 0.492 e. The second kappa shape index (κ2) is 7.13. The average Bonchev–Trinajstić information content (AvgIpc) is 3.07. The van der Waals surface area contributed by atoms with Crippen LogP contribution in [0.5, 0.6) is 17.2 Å². The molecule has 2 aromatic carbocycles. The van der Waals surface area contributed by atoms with E-state index in [-0.39, 0.29) is 6.04 Å². The number of hydrogen-bond donors (Lipinski definition) is 0. The second-order valence-electron chi connectivity index (χ2n) is 5.61. The molecule has 0 spiro atoms. The fraction of sp³-hybridized carbons (Fsp3) is 0.333. The summed E-state index contributed by atoms with van der Waals surface area (Å²) in [7, 11) is 0. The predicted molar refractivity (Wildman–Crippen MR) is 83.5 cm³/mol. The zero-order chi connectivity index (χ0) is 17.0. The molecule has 2 aromatic rings. The molecular formula is C18H17F3NO2. The third-order valence-corrected chi connectivity index (χ3v) is 3.77. The topological polar surface area (TPSA) is 32.6 Å². The summed E-state index contributed by atoms with van der Waals surface area (Å²) < 4.78 is 48.8. The van der Waals surface area contributed by atoms with Gasteiger partial charge in [0.25, 0.3) is 0 Å². The molecular weight excluding hydrogens is 319 g/mol. The van der Waals surface area contributed by atoms with Crippen molar-refractivity contribution in [1.82, 2.24) is 5.32 Å². The van der Waals surface area contributed by atoms with Crippen LogP contribution in [-0.4, -0.2) is 19.2 Å². The molecule has 127 valence electrons. The Morgan fingerprint density at radius 1 is 0.917 bits per heavy atom. The minimum atomic E-state index is -4.34. The van der Waals surface area contributed by atoms with Crippen LogP contribution < -0.4 is 14.8 Å². The Balaban J connectivity index is 1.55. The standard InChI is InChI=1S/C18H17F3NO2/c19-18(20,21)13-3-5-16(6-4-13)24-17-9-7-15(8-10-17)23-12-14-2-1-11-22-14/h3-10,14H,1-2,11-12H2/t14-/m1/s1. The quantitative estimate of drug-likeness (QED) is 0.796. The van der Waals surface area contributed by atoms with E-state index < -0.39 is 11.7 Å². The Bertz CT molecular complexity index is 647. The average molecular weight is 336 g/mol. The van der Waals surface area contributed by atoms with Gasteiger partial charge in [-0.1, -0.05) is 0 Å². The maximum absolute atomic E-state index is 12.5. The van der Waals surface area contributed by atoms with Crippen LogP contribution in [0.2, 0.25) is 0 Å². The minimum absolute atomic E-state index is 0.271. The summed E-state index contributed by atoms with van der Waals surface area (Å²) >= 11 is 0. The third-order valence-electron chi connectivity index (χ3n) is 3.77. The van der Waals surface area contributed by atoms with Crippen molar-refractivity contribution in [1.29, 1.82) is 0 Å². The summed E-state index contributed by atoms with van der Waals surface area (Å²) in [5.74, 6) is 1.60. The van der Waals surface area contributed by atoms with E-state index in [1.165, 1.54) is 12.1 Å². The van der Waals surface area contributed by atoms with Crippen molar-refractivity contribution in [3.63, 3.8) is 0 Å². The molecule has 0 amide bonds. The van der Waals surface area contributed by atoms with Gasteiger partial charge in [0.1, 0.15) is 23.9 Å². The van der Waals surface area contributed by atoms with Crippen molar-refractivity contribution in [2.24, 2.45) is 0 Å². The van der Waals surface area contributed by atoms with E-state index in [9.17, 15) is 13.2 Å². The first-order valence-electron chi connectivity index (χ1n) is 7.75. The lowest BCUT2D eigenvalue weighted by Crippen LogP contribution is -2.22. The molecule has 0 aliphatic carbocycles. The SMILES string of the molecule is FC(F)(F)c1ccc(Oc2ccc(OC[C@H]3CCC[N]3)cc2)cc1. The molecule has 1 radical (unpaired) electrons. The Labute approximate surface area is 138 Å². The van der Waals surface area contributed by atoms with E-state index in [4.69, 9.17) is 9.47 Å². The number of nitrogens with zero attached hydrogens (tertiary/aromatic N) is 1. The normalized spacial score (nSPS) is 17.7. The molecule has 1 heterocycles. The molecule has 3 nitrogen and oxygen atoms in total. The second-order valence-corrected chi connectivity index (χ2v) is 5.61. The number of halogens is 3. The number of hydrogen-bond acceptors (Lipinski definition) is 2. The number of ether oxygens (including phenoxy) is 2. The first-order valence-corrected chi connectivity index (χ1v) is 7.75. The molecule has 3 rings (SSSR count). The van der Waals surface area contributed by atoms with Gasteiger partial charge in [-0.25, -0.2) is 5.32 Å². The van der Waals surface area contributed by atoms with E-state index in [1.807, 2.05) is 0 Å². The van der Waals surface area contributed by atoms with Crippen LogP contribution in [0, 0.1) is 0 Å². The molecule has 0 saturated carbocycles. The van der Waals surface area contributed by atoms with Gasteiger partial charge in [-0.3, -0.25) is 0 Å². The van der Waals surface area contributed by atoms with E-state index >= 15 is 0 Å². The number of alkyl halides is 3. The lowest BCUT2D eigenvalue weighted by Gasteiger charge is -2.12. The molecule has 0 unspecified atom stereocenters. The van der Waals surface area contributed by atoms with Crippen LogP contribution in [0.3, 0.4) is 0 Å². The summed E-state index contributed by atoms with van der Waals surface area (Å²) in [6, 6.07) is 11.9. The molecule has 0 aromatic heterocycles. The van der Waals surface area contributed by atoms with Gasteiger partial charge in [-0.05, 0) is 61.4 Å². The maximum Gasteiger partial charge on any atom is 0.416 e. The highest BCUT2D eigenvalue weighted by atomic mass is 19.4. The van der Waals surface area contributed by atoms with Crippen LogP contribution in [0.15, 0.2) is 48.5 Å². The van der Waals surface area contributed by atoms with Crippen LogP contribution in [-0.2, 0) is 6.18 Å². The molecule has 6 heteroatoms. The van der Waals surface area contributed by atoms with Gasteiger partial charge in [0, 0.05) is 6.54 Å². The Kier molecular flexibility index (Phi) is 4.94. The predicted octanol–water partition coefficient (Wildman–Crippen LogP) is 4.64. The van der Waals surface area contributed by atoms with Crippen LogP contribution in [0.1, 0.15) is 18.4 Å². The van der Waals surface area contributed by atoms with Crippen LogP contribution in [0.25, 0.3) is 0 Å². The minimum Gasteiger partial charge on any atom is -0.492 e. The molecule has 0 bridgehead atoms. The van der Waals surface area contributed by atoms with Gasteiger partial charge in [-0.2, -0.15) is 13.2 Å². The lowest BCUT2D eigenvalue weighted by atomic mass is 10.2. The van der Waals surface area contributed by atoms with E-state index in [1.54, 1.807) is 24.3 Å². The first kappa shape index (κ1) is 16.6. The zero-order valence-corrected chi connectivity index (χ0v) is 12.9. The molecule has 1 aliphatic rings. The summed E-state index contributed by atoms with van der Waals surface area (Å²) in [6.07, 6.45) is -2.16. The van der Waals surface area contributed by atoms with Crippen molar-refractivity contribution in [2.75, 3.05) is 13.2 Å². The number of benzene rings is 2. The fourth-order valence-corrected chi connectivity index (χ4v) is 2.47. The van der Waals surface area contributed by atoms with Crippen molar-refractivity contribution in [3.05, 3.63) is 54.1 Å². The summed E-state index contributed by atoms with van der Waals surface area (Å²) in [6.45, 7) is 1.48. The highest BCUT2D eigenvalue weighted by molar-refractivity contribution is 5.36. The van der Waals surface area contributed by atoms with Crippen molar-refractivity contribution < 1.29 is 22.6 Å². The smallest absolute Gasteiger partial charge is 0.416 e. The fourth-order valence-electron chi connectivity index (χ4n) is 2.47. The van der Waals surface area contributed by atoms with Gasteiger partial charge < -0.3 is 9.47 Å². The molecule has 0 N–H and O–H groups in total. The molecule has 1 saturated heterocycles. The molecule has 1 fully saturated rings. The first-order chi connectivity index (χ1) is 11.5.